The summed E-state index contributed by atoms with van der Waals surface area (Å²) in [5, 5.41) is 11.9. The van der Waals surface area contributed by atoms with Crippen molar-refractivity contribution in [3.8, 4) is 0 Å². The molecule has 2 amide bonds. The van der Waals surface area contributed by atoms with E-state index in [1.54, 1.807) is 0 Å². The highest BCUT2D eigenvalue weighted by atomic mass is 19.4. The van der Waals surface area contributed by atoms with Crippen LogP contribution in [0.3, 0.4) is 0 Å². The van der Waals surface area contributed by atoms with Gasteiger partial charge in [0.05, 0.1) is 11.8 Å². The van der Waals surface area contributed by atoms with Gasteiger partial charge in [0.2, 0.25) is 0 Å². The predicted octanol–water partition coefficient (Wildman–Crippen LogP) is 3.62. The lowest BCUT2D eigenvalue weighted by molar-refractivity contribution is -0.187. The van der Waals surface area contributed by atoms with Gasteiger partial charge in [0, 0.05) is 19.1 Å². The van der Waals surface area contributed by atoms with Crippen molar-refractivity contribution in [2.75, 3.05) is 13.1 Å². The number of nitrogens with zero attached hydrogens (tertiary/aromatic N) is 1. The fraction of sp³-hybridized carbons (Fsp3) is 0.579. The SMILES string of the molecule is O=C(O)[C@@H]1CN(C(=O)NC2CCCC(c3ccccc3)C2)C[C@H]1C(F)(F)F. The Morgan fingerprint density at radius 3 is 2.41 bits per heavy atom. The lowest BCUT2D eigenvalue weighted by Crippen LogP contribution is -2.45. The van der Waals surface area contributed by atoms with Crippen LogP contribution in [0.5, 0.6) is 0 Å². The van der Waals surface area contributed by atoms with Crippen molar-refractivity contribution in [3.63, 3.8) is 0 Å². The minimum atomic E-state index is -4.64. The van der Waals surface area contributed by atoms with Crippen molar-refractivity contribution in [1.29, 1.82) is 0 Å². The zero-order valence-electron chi connectivity index (χ0n) is 14.8. The number of carbonyl (C=O) groups excluding carboxylic acids is 1. The van der Waals surface area contributed by atoms with Gasteiger partial charge in [-0.3, -0.25) is 4.79 Å². The number of carboxylic acids is 1. The van der Waals surface area contributed by atoms with E-state index in [0.29, 0.717) is 5.92 Å². The van der Waals surface area contributed by atoms with Crippen LogP contribution in [0.2, 0.25) is 0 Å². The Labute approximate surface area is 155 Å². The third kappa shape index (κ3) is 4.54. The minimum Gasteiger partial charge on any atom is -0.481 e. The Bertz CT molecular complexity index is 681. The van der Waals surface area contributed by atoms with Crippen LogP contribution >= 0.6 is 0 Å². The molecule has 2 aliphatic rings. The van der Waals surface area contributed by atoms with Crippen LogP contribution in [0.4, 0.5) is 18.0 Å². The molecule has 1 saturated heterocycles. The fourth-order valence-corrected chi connectivity index (χ4v) is 4.17. The average Bonchev–Trinajstić information content (AvgIpc) is 3.09. The van der Waals surface area contributed by atoms with Crippen molar-refractivity contribution in [2.24, 2.45) is 11.8 Å². The third-order valence-electron chi connectivity index (χ3n) is 5.62. The summed E-state index contributed by atoms with van der Waals surface area (Å²) in [4.78, 5) is 24.6. The molecule has 3 rings (SSSR count). The molecule has 2 N–H and O–H groups in total. The smallest absolute Gasteiger partial charge is 0.394 e. The summed E-state index contributed by atoms with van der Waals surface area (Å²) >= 11 is 0. The molecular formula is C19H23F3N2O3. The summed E-state index contributed by atoms with van der Waals surface area (Å²) in [6, 6.07) is 9.23. The molecule has 0 spiro atoms. The molecule has 0 radical (unpaired) electrons. The first-order valence-electron chi connectivity index (χ1n) is 9.15. The molecule has 1 saturated carbocycles. The Morgan fingerprint density at radius 2 is 1.81 bits per heavy atom. The zero-order valence-corrected chi connectivity index (χ0v) is 14.8. The lowest BCUT2D eigenvalue weighted by atomic mass is 9.81. The van der Waals surface area contributed by atoms with E-state index in [0.717, 1.165) is 30.6 Å². The van der Waals surface area contributed by atoms with Gasteiger partial charge in [-0.2, -0.15) is 13.2 Å². The van der Waals surface area contributed by atoms with Gasteiger partial charge in [0.25, 0.3) is 0 Å². The number of benzene rings is 1. The quantitative estimate of drug-likeness (QED) is 0.836. The van der Waals surface area contributed by atoms with Gasteiger partial charge in [-0.05, 0) is 30.7 Å². The second-order valence-corrected chi connectivity index (χ2v) is 7.42. The van der Waals surface area contributed by atoms with Gasteiger partial charge in [-0.1, -0.05) is 36.8 Å². The minimum absolute atomic E-state index is 0.121. The van der Waals surface area contributed by atoms with Crippen LogP contribution < -0.4 is 5.32 Å². The van der Waals surface area contributed by atoms with E-state index in [1.807, 2.05) is 30.3 Å². The number of nitrogens with one attached hydrogen (secondary N) is 1. The Hall–Kier alpha value is -2.25. The number of carbonyl (C=O) groups is 2. The Kier molecular flexibility index (Phi) is 5.62. The molecular weight excluding hydrogens is 361 g/mol. The maximum absolute atomic E-state index is 13.1. The normalized spacial score (nSPS) is 28.8. The molecule has 1 aromatic carbocycles. The summed E-state index contributed by atoms with van der Waals surface area (Å²) in [7, 11) is 0. The van der Waals surface area contributed by atoms with Crippen LogP contribution in [-0.4, -0.2) is 47.3 Å². The highest BCUT2D eigenvalue weighted by molar-refractivity contribution is 5.78. The highest BCUT2D eigenvalue weighted by Gasteiger charge is 2.53. The van der Waals surface area contributed by atoms with Crippen LogP contribution in [-0.2, 0) is 4.79 Å². The van der Waals surface area contributed by atoms with Crippen LogP contribution in [0, 0.1) is 11.8 Å². The highest BCUT2D eigenvalue weighted by Crippen LogP contribution is 2.38. The molecule has 148 valence electrons. The van der Waals surface area contributed by atoms with Gasteiger partial charge in [0.1, 0.15) is 0 Å². The lowest BCUT2D eigenvalue weighted by Gasteiger charge is -2.31. The van der Waals surface area contributed by atoms with Gasteiger partial charge < -0.3 is 15.3 Å². The van der Waals surface area contributed by atoms with E-state index < -0.39 is 43.1 Å². The number of aliphatic carboxylic acids is 1. The molecule has 1 aliphatic carbocycles. The maximum Gasteiger partial charge on any atom is 0.394 e. The molecule has 2 fully saturated rings. The third-order valence-corrected chi connectivity index (χ3v) is 5.62. The van der Waals surface area contributed by atoms with Crippen molar-refractivity contribution in [2.45, 2.75) is 43.8 Å². The summed E-state index contributed by atoms with van der Waals surface area (Å²) in [5.74, 6) is -4.85. The van der Waals surface area contributed by atoms with Gasteiger partial charge >= 0.3 is 18.2 Å². The van der Waals surface area contributed by atoms with Crippen molar-refractivity contribution < 1.29 is 27.9 Å². The summed E-state index contributed by atoms with van der Waals surface area (Å²) in [6.07, 6.45) is -1.20. The molecule has 4 atom stereocenters. The summed E-state index contributed by atoms with van der Waals surface area (Å²) in [5.41, 5.74) is 1.20. The molecule has 1 aliphatic heterocycles. The molecule has 0 aromatic heterocycles. The molecule has 1 heterocycles. The molecule has 0 bridgehead atoms. The maximum atomic E-state index is 13.1. The topological polar surface area (TPSA) is 69.6 Å². The van der Waals surface area contributed by atoms with Gasteiger partial charge in [-0.15, -0.1) is 0 Å². The largest absolute Gasteiger partial charge is 0.481 e. The van der Waals surface area contributed by atoms with E-state index in [1.165, 1.54) is 5.56 Å². The van der Waals surface area contributed by atoms with Crippen LogP contribution in [0.15, 0.2) is 30.3 Å². The first kappa shape index (κ1) is 19.5. The first-order valence-corrected chi connectivity index (χ1v) is 9.15. The number of carboxylic acid groups (broad SMARTS) is 1. The number of alkyl halides is 3. The molecule has 27 heavy (non-hydrogen) atoms. The summed E-state index contributed by atoms with van der Waals surface area (Å²) in [6.45, 7) is -1.03. The van der Waals surface area contributed by atoms with Gasteiger partial charge in [0.15, 0.2) is 0 Å². The molecule has 5 nitrogen and oxygen atoms in total. The molecule has 8 heteroatoms. The second-order valence-electron chi connectivity index (χ2n) is 7.42. The van der Waals surface area contributed by atoms with E-state index in [9.17, 15) is 22.8 Å². The Morgan fingerprint density at radius 1 is 1.11 bits per heavy atom. The van der Waals surface area contributed by atoms with Crippen LogP contribution in [0.25, 0.3) is 0 Å². The molecule has 1 aromatic rings. The van der Waals surface area contributed by atoms with Gasteiger partial charge in [-0.25, -0.2) is 4.79 Å². The predicted molar refractivity (Wildman–Crippen MR) is 92.2 cm³/mol. The number of hydrogen-bond acceptors (Lipinski definition) is 2. The van der Waals surface area contributed by atoms with Crippen molar-refractivity contribution >= 4 is 12.0 Å². The van der Waals surface area contributed by atoms with Crippen molar-refractivity contribution in [1.82, 2.24) is 10.2 Å². The standard InChI is InChI=1S/C19H23F3N2O3/c20-19(21,22)16-11-24(10-15(16)17(25)26)18(27)23-14-8-4-7-13(9-14)12-5-2-1-3-6-12/h1-3,5-6,13-16H,4,7-11H2,(H,23,27)(H,25,26)/t13?,14?,15-,16-/m1/s1. The number of hydrogen-bond donors (Lipinski definition) is 2. The number of likely N-dealkylation sites (tertiary alicyclic amines) is 1. The van der Waals surface area contributed by atoms with E-state index in [2.05, 4.69) is 5.32 Å². The first-order chi connectivity index (χ1) is 12.8. The average molecular weight is 384 g/mol. The second kappa shape index (κ2) is 7.78. The van der Waals surface area contributed by atoms with Crippen molar-refractivity contribution in [3.05, 3.63) is 35.9 Å². The van der Waals surface area contributed by atoms with E-state index >= 15 is 0 Å². The fourth-order valence-electron chi connectivity index (χ4n) is 4.17. The Balaban J connectivity index is 1.61. The van der Waals surface area contributed by atoms with Crippen LogP contribution in [0.1, 0.15) is 37.2 Å². The molecule has 2 unspecified atom stereocenters. The monoisotopic (exact) mass is 384 g/mol. The number of urea groups is 1. The number of halogens is 3. The summed E-state index contributed by atoms with van der Waals surface area (Å²) < 4.78 is 39.3. The zero-order chi connectivity index (χ0) is 19.6. The number of rotatable bonds is 3. The number of amides is 2. The van der Waals surface area contributed by atoms with E-state index in [4.69, 9.17) is 5.11 Å². The van der Waals surface area contributed by atoms with E-state index in [-0.39, 0.29) is 6.04 Å².